The van der Waals surface area contributed by atoms with Gasteiger partial charge in [-0.2, -0.15) is 4.31 Å². The lowest BCUT2D eigenvalue weighted by Gasteiger charge is -2.36. The van der Waals surface area contributed by atoms with Crippen molar-refractivity contribution >= 4 is 21.6 Å². The Morgan fingerprint density at radius 2 is 1.64 bits per heavy atom. The van der Waals surface area contributed by atoms with Crippen molar-refractivity contribution in [3.8, 4) is 0 Å². The molecule has 1 amide bonds. The number of carbonyl (C=O) groups excluding carboxylic acids is 1. The van der Waals surface area contributed by atoms with Crippen molar-refractivity contribution in [1.82, 2.24) is 9.21 Å². The summed E-state index contributed by atoms with van der Waals surface area (Å²) in [6, 6.07) is 14.3. The van der Waals surface area contributed by atoms with E-state index in [1.54, 1.807) is 19.1 Å². The Morgan fingerprint density at radius 3 is 2.25 bits per heavy atom. The molecule has 1 atom stereocenters. The van der Waals surface area contributed by atoms with Crippen LogP contribution < -0.4 is 5.32 Å². The van der Waals surface area contributed by atoms with Crippen molar-refractivity contribution in [3.05, 3.63) is 66.0 Å². The zero-order valence-electron chi connectivity index (χ0n) is 15.7. The maximum atomic E-state index is 13.0. The predicted molar refractivity (Wildman–Crippen MR) is 107 cm³/mol. The summed E-state index contributed by atoms with van der Waals surface area (Å²) < 4.78 is 39.7. The fourth-order valence-corrected chi connectivity index (χ4v) is 4.71. The highest BCUT2D eigenvalue weighted by atomic mass is 32.2. The normalized spacial score (nSPS) is 17.2. The van der Waals surface area contributed by atoms with E-state index in [2.05, 4.69) is 5.32 Å². The van der Waals surface area contributed by atoms with E-state index in [-0.39, 0.29) is 17.5 Å². The van der Waals surface area contributed by atoms with Crippen molar-refractivity contribution in [2.24, 2.45) is 0 Å². The van der Waals surface area contributed by atoms with Crippen LogP contribution in [0.1, 0.15) is 12.5 Å². The molecule has 0 aromatic heterocycles. The fourth-order valence-electron chi connectivity index (χ4n) is 3.19. The van der Waals surface area contributed by atoms with Crippen LogP contribution in [0.15, 0.2) is 54.6 Å². The zero-order valence-corrected chi connectivity index (χ0v) is 16.5. The van der Waals surface area contributed by atoms with Crippen molar-refractivity contribution in [1.29, 1.82) is 0 Å². The first-order valence-electron chi connectivity index (χ1n) is 9.17. The lowest BCUT2D eigenvalue weighted by Crippen LogP contribution is -2.54. The molecule has 0 saturated carbocycles. The average Bonchev–Trinajstić information content (AvgIpc) is 2.69. The van der Waals surface area contributed by atoms with Crippen LogP contribution in [0.25, 0.3) is 0 Å². The van der Waals surface area contributed by atoms with Crippen molar-refractivity contribution in [3.63, 3.8) is 0 Å². The highest BCUT2D eigenvalue weighted by Gasteiger charge is 2.30. The highest BCUT2D eigenvalue weighted by molar-refractivity contribution is 7.88. The number of benzene rings is 2. The van der Waals surface area contributed by atoms with Crippen molar-refractivity contribution < 1.29 is 17.6 Å². The van der Waals surface area contributed by atoms with Crippen LogP contribution in [0.4, 0.5) is 10.1 Å². The van der Waals surface area contributed by atoms with Gasteiger partial charge < -0.3 is 5.32 Å². The number of amides is 1. The third-order valence-corrected chi connectivity index (χ3v) is 6.75. The third-order valence-electron chi connectivity index (χ3n) is 4.90. The molecule has 1 saturated heterocycles. The molecule has 3 rings (SSSR count). The lowest BCUT2D eigenvalue weighted by atomic mass is 10.2. The molecule has 1 aliphatic rings. The van der Waals surface area contributed by atoms with Gasteiger partial charge in [0.15, 0.2) is 0 Å². The molecule has 8 heteroatoms. The summed E-state index contributed by atoms with van der Waals surface area (Å²) >= 11 is 0. The molecule has 0 radical (unpaired) electrons. The highest BCUT2D eigenvalue weighted by Crippen LogP contribution is 2.16. The molecule has 1 N–H and O–H groups in total. The molecule has 150 valence electrons. The number of nitrogens with one attached hydrogen (secondary N) is 1. The number of halogens is 1. The second kappa shape index (κ2) is 8.81. The minimum atomic E-state index is -3.39. The number of anilines is 1. The number of hydrogen-bond acceptors (Lipinski definition) is 4. The Morgan fingerprint density at radius 1 is 1.04 bits per heavy atom. The van der Waals surface area contributed by atoms with E-state index in [1.807, 2.05) is 23.1 Å². The molecule has 0 unspecified atom stereocenters. The Hall–Kier alpha value is -2.29. The maximum absolute atomic E-state index is 13.0. The van der Waals surface area contributed by atoms with Gasteiger partial charge in [0, 0.05) is 31.9 Å². The third kappa shape index (κ3) is 5.15. The fraction of sp³-hybridized carbons (Fsp3) is 0.350. The summed E-state index contributed by atoms with van der Waals surface area (Å²) in [5.41, 5.74) is 1.29. The SMILES string of the molecule is C[C@H](C(=O)Nc1ccc(F)cc1)N1CCN(S(=O)(=O)Cc2ccccc2)CC1. The minimum absolute atomic E-state index is 0.0194. The predicted octanol–water partition coefficient (Wildman–Crippen LogP) is 2.30. The van der Waals surface area contributed by atoms with Crippen molar-refractivity contribution in [2.45, 2.75) is 18.7 Å². The summed E-state index contributed by atoms with van der Waals surface area (Å²) in [4.78, 5) is 14.4. The first-order valence-corrected chi connectivity index (χ1v) is 10.8. The summed E-state index contributed by atoms with van der Waals surface area (Å²) in [6.07, 6.45) is 0. The van der Waals surface area contributed by atoms with E-state index in [9.17, 15) is 17.6 Å². The molecule has 1 fully saturated rings. The Labute approximate surface area is 165 Å². The van der Waals surface area contributed by atoms with Gasteiger partial charge in [-0.1, -0.05) is 30.3 Å². The number of hydrogen-bond donors (Lipinski definition) is 1. The standard InChI is InChI=1S/C20H24FN3O3S/c1-16(20(25)22-19-9-7-18(21)8-10-19)23-11-13-24(14-12-23)28(26,27)15-17-5-3-2-4-6-17/h2-10,16H,11-15H2,1H3,(H,22,25)/t16-/m1/s1. The summed E-state index contributed by atoms with van der Waals surface area (Å²) in [5.74, 6) is -0.583. The number of piperazine rings is 1. The van der Waals surface area contributed by atoms with Gasteiger partial charge in [0.1, 0.15) is 5.82 Å². The number of sulfonamides is 1. The quantitative estimate of drug-likeness (QED) is 0.801. The van der Waals surface area contributed by atoms with E-state index in [1.165, 1.54) is 28.6 Å². The molecular weight excluding hydrogens is 381 g/mol. The Kier molecular flexibility index (Phi) is 6.43. The van der Waals surface area contributed by atoms with E-state index < -0.39 is 16.1 Å². The Balaban J connectivity index is 1.53. The van der Waals surface area contributed by atoms with Gasteiger partial charge in [0.2, 0.25) is 15.9 Å². The zero-order chi connectivity index (χ0) is 20.1. The van der Waals surface area contributed by atoms with Crippen LogP contribution in [0.3, 0.4) is 0 Å². The van der Waals surface area contributed by atoms with Gasteiger partial charge in [-0.25, -0.2) is 12.8 Å². The van der Waals surface area contributed by atoms with E-state index in [4.69, 9.17) is 0 Å². The van der Waals surface area contributed by atoms with Crippen LogP contribution in [0, 0.1) is 5.82 Å². The number of carbonyl (C=O) groups is 1. The van der Waals surface area contributed by atoms with Crippen LogP contribution in [0.5, 0.6) is 0 Å². The van der Waals surface area contributed by atoms with Gasteiger partial charge in [-0.05, 0) is 36.8 Å². The van der Waals surface area contributed by atoms with Crippen molar-refractivity contribution in [2.75, 3.05) is 31.5 Å². The van der Waals surface area contributed by atoms with Gasteiger partial charge in [0.25, 0.3) is 0 Å². The van der Waals surface area contributed by atoms with Gasteiger partial charge in [0.05, 0.1) is 11.8 Å². The summed E-state index contributed by atoms with van der Waals surface area (Å²) in [6.45, 7) is 3.44. The van der Waals surface area contributed by atoms with Crippen LogP contribution in [-0.4, -0.2) is 55.8 Å². The number of rotatable bonds is 6. The molecular formula is C20H24FN3O3S. The van der Waals surface area contributed by atoms with Crippen LogP contribution in [-0.2, 0) is 20.6 Å². The smallest absolute Gasteiger partial charge is 0.241 e. The molecule has 2 aromatic rings. The second-order valence-corrected chi connectivity index (χ2v) is 8.82. The van der Waals surface area contributed by atoms with Crippen LogP contribution >= 0.6 is 0 Å². The summed E-state index contributed by atoms with van der Waals surface area (Å²) in [7, 11) is -3.39. The molecule has 2 aromatic carbocycles. The molecule has 0 spiro atoms. The first kappa shape index (κ1) is 20.4. The van der Waals surface area contributed by atoms with E-state index >= 15 is 0 Å². The maximum Gasteiger partial charge on any atom is 0.241 e. The summed E-state index contributed by atoms with van der Waals surface area (Å²) in [5, 5.41) is 2.76. The average molecular weight is 405 g/mol. The minimum Gasteiger partial charge on any atom is -0.325 e. The molecule has 0 aliphatic carbocycles. The lowest BCUT2D eigenvalue weighted by molar-refractivity contribution is -0.121. The molecule has 1 aliphatic heterocycles. The number of nitrogens with zero attached hydrogens (tertiary/aromatic N) is 2. The molecule has 28 heavy (non-hydrogen) atoms. The molecule has 6 nitrogen and oxygen atoms in total. The van der Waals surface area contributed by atoms with E-state index in [0.29, 0.717) is 31.9 Å². The van der Waals surface area contributed by atoms with Gasteiger partial charge >= 0.3 is 0 Å². The van der Waals surface area contributed by atoms with Gasteiger partial charge in [-0.15, -0.1) is 0 Å². The topological polar surface area (TPSA) is 69.7 Å². The Bertz CT molecular complexity index is 896. The monoisotopic (exact) mass is 405 g/mol. The van der Waals surface area contributed by atoms with Crippen LogP contribution in [0.2, 0.25) is 0 Å². The van der Waals surface area contributed by atoms with E-state index in [0.717, 1.165) is 5.56 Å². The first-order chi connectivity index (χ1) is 13.3. The second-order valence-electron chi connectivity index (χ2n) is 6.85. The molecule has 0 bridgehead atoms. The van der Waals surface area contributed by atoms with Gasteiger partial charge in [-0.3, -0.25) is 9.69 Å². The molecule has 1 heterocycles. The largest absolute Gasteiger partial charge is 0.325 e.